The molecule has 5 heteroatoms. The number of likely N-dealkylation sites (N-methyl/N-ethyl adjacent to an activating group) is 1. The van der Waals surface area contributed by atoms with Crippen LogP contribution in [-0.4, -0.2) is 39.0 Å². The van der Waals surface area contributed by atoms with Gasteiger partial charge in [-0.15, -0.1) is 0 Å². The fraction of sp³-hybridized carbons (Fsp3) is 0.500. The van der Waals surface area contributed by atoms with Crippen LogP contribution in [0.2, 0.25) is 0 Å². The third-order valence-corrected chi connectivity index (χ3v) is 2.63. The largest absolute Gasteiger partial charge is 0.493 e. The molecule has 1 aromatic carbocycles. The van der Waals surface area contributed by atoms with Gasteiger partial charge in [0.2, 0.25) is 5.75 Å². The zero-order chi connectivity index (χ0) is 12.3. The normalized spacial score (nSPS) is 15.5. The Morgan fingerprint density at radius 1 is 1.41 bits per heavy atom. The second-order valence-corrected chi connectivity index (χ2v) is 3.82. The smallest absolute Gasteiger partial charge is 0.203 e. The molecule has 0 fully saturated rings. The summed E-state index contributed by atoms with van der Waals surface area (Å²) in [6.45, 7) is 1.51. The first-order chi connectivity index (χ1) is 8.26. The van der Waals surface area contributed by atoms with Gasteiger partial charge in [-0.1, -0.05) is 0 Å². The summed E-state index contributed by atoms with van der Waals surface area (Å²) in [4.78, 5) is 0. The van der Waals surface area contributed by atoms with Gasteiger partial charge in [-0.25, -0.2) is 0 Å². The summed E-state index contributed by atoms with van der Waals surface area (Å²) in [5.41, 5.74) is 0.750. The number of fused-ring (bicyclic) bond motifs is 1. The number of rotatable bonds is 4. The Labute approximate surface area is 100 Å². The van der Waals surface area contributed by atoms with Crippen molar-refractivity contribution in [1.82, 2.24) is 5.32 Å². The molecule has 2 N–H and O–H groups in total. The fourth-order valence-corrected chi connectivity index (χ4v) is 1.80. The third kappa shape index (κ3) is 2.45. The molecule has 1 aliphatic heterocycles. The van der Waals surface area contributed by atoms with Gasteiger partial charge in [0.15, 0.2) is 11.5 Å². The topological polar surface area (TPSA) is 60.0 Å². The molecule has 0 amide bonds. The molecule has 1 aliphatic rings. The van der Waals surface area contributed by atoms with Crippen molar-refractivity contribution >= 4 is 0 Å². The van der Waals surface area contributed by atoms with Crippen LogP contribution in [0.25, 0.3) is 0 Å². The highest BCUT2D eigenvalue weighted by Crippen LogP contribution is 2.41. The average Bonchev–Trinajstić information content (AvgIpc) is 2.37. The maximum atomic E-state index is 9.93. The van der Waals surface area contributed by atoms with Crippen LogP contribution in [0, 0.1) is 0 Å². The molecular formula is C12H17NO4. The van der Waals surface area contributed by atoms with Crippen molar-refractivity contribution in [2.45, 2.75) is 6.10 Å². The maximum absolute atomic E-state index is 9.93. The maximum Gasteiger partial charge on any atom is 0.203 e. The first kappa shape index (κ1) is 12.0. The number of benzene rings is 1. The lowest BCUT2D eigenvalue weighted by Gasteiger charge is -2.22. The zero-order valence-corrected chi connectivity index (χ0v) is 10.0. The van der Waals surface area contributed by atoms with Crippen LogP contribution in [0.5, 0.6) is 17.2 Å². The van der Waals surface area contributed by atoms with E-state index in [4.69, 9.17) is 14.2 Å². The van der Waals surface area contributed by atoms with Gasteiger partial charge < -0.3 is 24.6 Å². The Morgan fingerprint density at radius 2 is 2.18 bits per heavy atom. The molecule has 1 heterocycles. The van der Waals surface area contributed by atoms with Crippen molar-refractivity contribution in [3.8, 4) is 17.2 Å². The lowest BCUT2D eigenvalue weighted by atomic mass is 10.1. The van der Waals surface area contributed by atoms with Crippen LogP contribution in [0.4, 0.5) is 0 Å². The van der Waals surface area contributed by atoms with E-state index in [-0.39, 0.29) is 0 Å². The first-order valence-corrected chi connectivity index (χ1v) is 5.56. The predicted molar refractivity (Wildman–Crippen MR) is 62.9 cm³/mol. The van der Waals surface area contributed by atoms with Crippen LogP contribution in [0.1, 0.15) is 11.7 Å². The van der Waals surface area contributed by atoms with Gasteiger partial charge in [0, 0.05) is 6.54 Å². The van der Waals surface area contributed by atoms with E-state index < -0.39 is 6.10 Å². The second kappa shape index (κ2) is 5.25. The Kier molecular flexibility index (Phi) is 3.71. The van der Waals surface area contributed by atoms with Gasteiger partial charge in [-0.3, -0.25) is 0 Å². The number of nitrogens with one attached hydrogen (secondary N) is 1. The second-order valence-electron chi connectivity index (χ2n) is 3.82. The van der Waals surface area contributed by atoms with Gasteiger partial charge in [-0.2, -0.15) is 0 Å². The summed E-state index contributed by atoms with van der Waals surface area (Å²) in [6.07, 6.45) is -0.593. The molecule has 0 aromatic heterocycles. The van der Waals surface area contributed by atoms with Crippen LogP contribution >= 0.6 is 0 Å². The summed E-state index contributed by atoms with van der Waals surface area (Å²) in [5.74, 6) is 1.83. The molecule has 0 saturated heterocycles. The molecule has 0 saturated carbocycles. The van der Waals surface area contributed by atoms with Crippen molar-refractivity contribution < 1.29 is 19.3 Å². The summed E-state index contributed by atoms with van der Waals surface area (Å²) in [6, 6.07) is 3.56. The summed E-state index contributed by atoms with van der Waals surface area (Å²) in [7, 11) is 3.36. The minimum absolute atomic E-state index is 0.475. The number of hydrogen-bond acceptors (Lipinski definition) is 5. The van der Waals surface area contributed by atoms with Gasteiger partial charge >= 0.3 is 0 Å². The number of aliphatic hydroxyl groups is 1. The molecular weight excluding hydrogens is 222 g/mol. The van der Waals surface area contributed by atoms with E-state index in [0.717, 1.165) is 5.56 Å². The predicted octanol–water partition coefficient (Wildman–Crippen LogP) is 0.719. The monoisotopic (exact) mass is 239 g/mol. The molecule has 5 nitrogen and oxygen atoms in total. The lowest BCUT2D eigenvalue weighted by molar-refractivity contribution is 0.158. The lowest BCUT2D eigenvalue weighted by Crippen LogP contribution is -2.19. The number of methoxy groups -OCH3 is 1. The van der Waals surface area contributed by atoms with E-state index in [1.165, 1.54) is 0 Å². The van der Waals surface area contributed by atoms with Crippen molar-refractivity contribution in [3.05, 3.63) is 17.7 Å². The summed E-state index contributed by atoms with van der Waals surface area (Å²) in [5, 5.41) is 12.8. The highest BCUT2D eigenvalue weighted by molar-refractivity contribution is 5.54. The highest BCUT2D eigenvalue weighted by Gasteiger charge is 2.20. The van der Waals surface area contributed by atoms with Crippen molar-refractivity contribution in [1.29, 1.82) is 0 Å². The molecule has 1 aromatic rings. The molecule has 2 rings (SSSR count). The molecule has 94 valence electrons. The standard InChI is InChI=1S/C12H17NO4/c1-13-7-9(14)8-5-10(15-2)12-11(6-8)16-3-4-17-12/h5-6,9,13-14H,3-4,7H2,1-2H3. The molecule has 0 bridgehead atoms. The van der Waals surface area contributed by atoms with Gasteiger partial charge in [-0.05, 0) is 24.7 Å². The van der Waals surface area contributed by atoms with Crippen molar-refractivity contribution in [3.63, 3.8) is 0 Å². The van der Waals surface area contributed by atoms with E-state index in [9.17, 15) is 5.11 Å². The van der Waals surface area contributed by atoms with Crippen LogP contribution in [-0.2, 0) is 0 Å². The summed E-state index contributed by atoms with van der Waals surface area (Å²) >= 11 is 0. The van der Waals surface area contributed by atoms with E-state index >= 15 is 0 Å². The Morgan fingerprint density at radius 3 is 2.88 bits per heavy atom. The van der Waals surface area contributed by atoms with Crippen LogP contribution in [0.15, 0.2) is 12.1 Å². The highest BCUT2D eigenvalue weighted by atomic mass is 16.6. The van der Waals surface area contributed by atoms with Gasteiger partial charge in [0.05, 0.1) is 13.2 Å². The van der Waals surface area contributed by atoms with Gasteiger partial charge in [0.25, 0.3) is 0 Å². The molecule has 17 heavy (non-hydrogen) atoms. The van der Waals surface area contributed by atoms with E-state index in [0.29, 0.717) is 37.0 Å². The number of hydrogen-bond donors (Lipinski definition) is 2. The molecule has 0 spiro atoms. The zero-order valence-electron chi connectivity index (χ0n) is 10.0. The molecule has 0 radical (unpaired) electrons. The van der Waals surface area contributed by atoms with Gasteiger partial charge in [0.1, 0.15) is 13.2 Å². The van der Waals surface area contributed by atoms with E-state index in [1.54, 1.807) is 26.3 Å². The van der Waals surface area contributed by atoms with E-state index in [2.05, 4.69) is 5.32 Å². The van der Waals surface area contributed by atoms with E-state index in [1.807, 2.05) is 0 Å². The van der Waals surface area contributed by atoms with Crippen molar-refractivity contribution in [2.24, 2.45) is 0 Å². The van der Waals surface area contributed by atoms with Crippen LogP contribution < -0.4 is 19.5 Å². The van der Waals surface area contributed by atoms with Crippen molar-refractivity contribution in [2.75, 3.05) is 33.9 Å². The number of aliphatic hydroxyl groups excluding tert-OH is 1. The Bertz CT molecular complexity index is 377. The molecule has 1 atom stereocenters. The molecule has 0 aliphatic carbocycles. The minimum atomic E-state index is -0.593. The number of ether oxygens (including phenoxy) is 3. The average molecular weight is 239 g/mol. The SMILES string of the molecule is CNCC(O)c1cc(OC)c2c(c1)OCCO2. The fourth-order valence-electron chi connectivity index (χ4n) is 1.80. The van der Waals surface area contributed by atoms with Crippen LogP contribution in [0.3, 0.4) is 0 Å². The Balaban J connectivity index is 2.35. The first-order valence-electron chi connectivity index (χ1n) is 5.56. The Hall–Kier alpha value is -1.46. The molecule has 1 unspecified atom stereocenters. The minimum Gasteiger partial charge on any atom is -0.493 e. The third-order valence-electron chi connectivity index (χ3n) is 2.63. The summed E-state index contributed by atoms with van der Waals surface area (Å²) < 4.78 is 16.2. The quantitative estimate of drug-likeness (QED) is 0.810.